The highest BCUT2D eigenvalue weighted by Gasteiger charge is 2.14. The molecule has 0 aliphatic carbocycles. The molecule has 0 radical (unpaired) electrons. The maximum atomic E-state index is 11.4. The van der Waals surface area contributed by atoms with Gasteiger partial charge in [-0.1, -0.05) is 18.2 Å². The van der Waals surface area contributed by atoms with Crippen LogP contribution in [0.5, 0.6) is 0 Å². The summed E-state index contributed by atoms with van der Waals surface area (Å²) >= 11 is 1.59. The Morgan fingerprint density at radius 3 is 2.56 bits per heavy atom. The number of hydrogen-bond donors (Lipinski definition) is 0. The van der Waals surface area contributed by atoms with Crippen molar-refractivity contribution in [2.45, 2.75) is 11.3 Å². The van der Waals surface area contributed by atoms with E-state index in [1.807, 2.05) is 22.9 Å². The van der Waals surface area contributed by atoms with E-state index in [0.29, 0.717) is 6.42 Å². The summed E-state index contributed by atoms with van der Waals surface area (Å²) in [6.45, 7) is 0. The summed E-state index contributed by atoms with van der Waals surface area (Å²) in [5, 5.41) is 3.96. The van der Waals surface area contributed by atoms with E-state index >= 15 is 0 Å². The van der Waals surface area contributed by atoms with E-state index in [-0.39, 0.29) is 4.90 Å². The van der Waals surface area contributed by atoms with Gasteiger partial charge in [-0.3, -0.25) is 0 Å². The molecule has 0 spiro atoms. The second-order valence-corrected chi connectivity index (χ2v) is 6.67. The molecule has 0 N–H and O–H groups in total. The summed E-state index contributed by atoms with van der Waals surface area (Å²) in [4.78, 5) is 0.197. The van der Waals surface area contributed by atoms with Gasteiger partial charge in [-0.25, -0.2) is 8.42 Å². The maximum Gasteiger partial charge on any atom is 0.261 e. The molecule has 0 fully saturated rings. The molecule has 16 heavy (non-hydrogen) atoms. The number of halogens is 1. The highest BCUT2D eigenvalue weighted by atomic mass is 35.7. The molecule has 84 valence electrons. The second-order valence-electron chi connectivity index (χ2n) is 3.35. The zero-order valence-electron chi connectivity index (χ0n) is 8.26. The van der Waals surface area contributed by atoms with Gasteiger partial charge in [0.15, 0.2) is 0 Å². The first kappa shape index (κ1) is 11.6. The van der Waals surface area contributed by atoms with Crippen LogP contribution in [0.4, 0.5) is 0 Å². The van der Waals surface area contributed by atoms with E-state index in [2.05, 4.69) is 0 Å². The van der Waals surface area contributed by atoms with Crippen molar-refractivity contribution in [3.05, 3.63) is 52.2 Å². The Kier molecular flexibility index (Phi) is 3.33. The van der Waals surface area contributed by atoms with E-state index in [9.17, 15) is 8.42 Å². The molecule has 1 aromatic carbocycles. The predicted octanol–water partition coefficient (Wildman–Crippen LogP) is 3.27. The molecule has 2 aromatic rings. The molecule has 2 nitrogen and oxygen atoms in total. The fourth-order valence-corrected chi connectivity index (χ4v) is 3.32. The van der Waals surface area contributed by atoms with Crippen molar-refractivity contribution in [3.63, 3.8) is 0 Å². The molecule has 0 bridgehead atoms. The molecule has 5 heteroatoms. The van der Waals surface area contributed by atoms with Gasteiger partial charge in [-0.2, -0.15) is 11.3 Å². The monoisotopic (exact) mass is 272 g/mol. The molecule has 0 saturated heterocycles. The average molecular weight is 273 g/mol. The third-order valence-electron chi connectivity index (χ3n) is 2.21. The normalized spacial score (nSPS) is 11.6. The number of thiophene rings is 1. The first-order valence-corrected chi connectivity index (χ1v) is 7.86. The van der Waals surface area contributed by atoms with Crippen molar-refractivity contribution in [3.8, 4) is 0 Å². The number of hydrogen-bond acceptors (Lipinski definition) is 3. The zero-order chi connectivity index (χ0) is 11.6. The highest BCUT2D eigenvalue weighted by molar-refractivity contribution is 8.13. The van der Waals surface area contributed by atoms with E-state index in [0.717, 1.165) is 11.1 Å². The molecule has 2 rings (SSSR count). The predicted molar refractivity (Wildman–Crippen MR) is 66.6 cm³/mol. The van der Waals surface area contributed by atoms with Crippen LogP contribution in [0.2, 0.25) is 0 Å². The summed E-state index contributed by atoms with van der Waals surface area (Å²) in [5.74, 6) is 0. The third kappa shape index (κ3) is 2.64. The summed E-state index contributed by atoms with van der Waals surface area (Å²) < 4.78 is 22.7. The lowest BCUT2D eigenvalue weighted by Gasteiger charge is -2.04. The van der Waals surface area contributed by atoms with E-state index < -0.39 is 9.05 Å². The van der Waals surface area contributed by atoms with Crippen LogP contribution in [0.15, 0.2) is 46.0 Å². The van der Waals surface area contributed by atoms with Crippen LogP contribution in [0.3, 0.4) is 0 Å². The molecule has 1 heterocycles. The van der Waals surface area contributed by atoms with Crippen LogP contribution in [-0.4, -0.2) is 8.42 Å². The van der Waals surface area contributed by atoms with E-state index in [1.165, 1.54) is 6.07 Å². The Hall–Kier alpha value is -0.840. The van der Waals surface area contributed by atoms with Crippen LogP contribution in [0.25, 0.3) is 0 Å². The van der Waals surface area contributed by atoms with Crippen molar-refractivity contribution in [1.82, 2.24) is 0 Å². The number of rotatable bonds is 3. The van der Waals surface area contributed by atoms with Crippen LogP contribution >= 0.6 is 22.0 Å². The van der Waals surface area contributed by atoms with Crippen LogP contribution in [0.1, 0.15) is 11.1 Å². The minimum atomic E-state index is -3.66. The Morgan fingerprint density at radius 1 is 1.19 bits per heavy atom. The number of benzene rings is 1. The molecule has 0 saturated carbocycles. The molecule has 0 aliphatic heterocycles. The van der Waals surface area contributed by atoms with Crippen molar-refractivity contribution >= 4 is 31.1 Å². The molecule has 0 aliphatic rings. The van der Waals surface area contributed by atoms with Gasteiger partial charge >= 0.3 is 0 Å². The highest BCUT2D eigenvalue weighted by Crippen LogP contribution is 2.22. The Morgan fingerprint density at radius 2 is 1.94 bits per heavy atom. The van der Waals surface area contributed by atoms with Gasteiger partial charge < -0.3 is 0 Å². The van der Waals surface area contributed by atoms with Gasteiger partial charge in [0.25, 0.3) is 9.05 Å². The zero-order valence-corrected chi connectivity index (χ0v) is 10.6. The minimum Gasteiger partial charge on any atom is -0.207 e. The largest absolute Gasteiger partial charge is 0.261 e. The van der Waals surface area contributed by atoms with Gasteiger partial charge in [0.05, 0.1) is 4.90 Å². The topological polar surface area (TPSA) is 34.1 Å². The maximum absolute atomic E-state index is 11.4. The van der Waals surface area contributed by atoms with E-state index in [1.54, 1.807) is 23.5 Å². The van der Waals surface area contributed by atoms with Crippen molar-refractivity contribution in [2.24, 2.45) is 0 Å². The minimum absolute atomic E-state index is 0.197. The Bertz CT molecular complexity index is 574. The third-order valence-corrected chi connectivity index (χ3v) is 4.36. The van der Waals surface area contributed by atoms with Gasteiger partial charge in [0.2, 0.25) is 0 Å². The molecule has 0 amide bonds. The standard InChI is InChI=1S/C11H9ClO2S2/c12-16(13,14)11-4-2-1-3-10(11)7-9-5-6-15-8-9/h1-6,8H,7H2. The van der Waals surface area contributed by atoms with Crippen LogP contribution in [-0.2, 0) is 15.5 Å². The van der Waals surface area contributed by atoms with Gasteiger partial charge in [0.1, 0.15) is 0 Å². The van der Waals surface area contributed by atoms with Crippen LogP contribution < -0.4 is 0 Å². The second kappa shape index (κ2) is 4.57. The van der Waals surface area contributed by atoms with Gasteiger partial charge in [-0.05, 0) is 40.4 Å². The van der Waals surface area contributed by atoms with Crippen molar-refractivity contribution in [2.75, 3.05) is 0 Å². The molecule has 0 atom stereocenters. The fourth-order valence-electron chi connectivity index (χ4n) is 1.50. The molecular formula is C11H9ClO2S2. The summed E-state index contributed by atoms with van der Waals surface area (Å²) in [7, 11) is 1.72. The molecular weight excluding hydrogens is 264 g/mol. The SMILES string of the molecule is O=S(=O)(Cl)c1ccccc1Cc1ccsc1. The van der Waals surface area contributed by atoms with Crippen molar-refractivity contribution < 1.29 is 8.42 Å². The smallest absolute Gasteiger partial charge is 0.207 e. The van der Waals surface area contributed by atoms with Gasteiger partial charge in [-0.15, -0.1) is 0 Å². The van der Waals surface area contributed by atoms with Gasteiger partial charge in [0, 0.05) is 10.7 Å². The quantitative estimate of drug-likeness (QED) is 0.804. The summed E-state index contributed by atoms with van der Waals surface area (Å²) in [5.41, 5.74) is 1.83. The molecule has 1 aromatic heterocycles. The lowest BCUT2D eigenvalue weighted by molar-refractivity contribution is 0.608. The van der Waals surface area contributed by atoms with E-state index in [4.69, 9.17) is 10.7 Å². The van der Waals surface area contributed by atoms with Crippen molar-refractivity contribution in [1.29, 1.82) is 0 Å². The first-order valence-electron chi connectivity index (χ1n) is 4.61. The lowest BCUT2D eigenvalue weighted by Crippen LogP contribution is -1.98. The summed E-state index contributed by atoms with van der Waals surface area (Å²) in [6, 6.07) is 8.78. The molecule has 0 unspecified atom stereocenters. The lowest BCUT2D eigenvalue weighted by atomic mass is 10.1. The Balaban J connectivity index is 2.42. The average Bonchev–Trinajstić information content (AvgIpc) is 2.70. The fraction of sp³-hybridized carbons (Fsp3) is 0.0909. The first-order chi connectivity index (χ1) is 7.57. The summed E-state index contributed by atoms with van der Waals surface area (Å²) in [6.07, 6.45) is 0.589. The Labute approximate surface area is 103 Å². The van der Waals surface area contributed by atoms with Crippen LogP contribution in [0, 0.1) is 0 Å².